The van der Waals surface area contributed by atoms with E-state index in [0.29, 0.717) is 12.1 Å². The highest BCUT2D eigenvalue weighted by molar-refractivity contribution is 5.91. The molecule has 0 spiro atoms. The molecule has 2 aromatic rings. The molecule has 2 rings (SSSR count). The van der Waals surface area contributed by atoms with Crippen molar-refractivity contribution in [2.75, 3.05) is 11.4 Å². The molecule has 0 aliphatic heterocycles. The van der Waals surface area contributed by atoms with Crippen molar-refractivity contribution < 1.29 is 9.18 Å². The average Bonchev–Trinajstić information content (AvgIpc) is 2.47. The normalized spacial score (nSPS) is 10.2. The van der Waals surface area contributed by atoms with Crippen LogP contribution in [0.3, 0.4) is 0 Å². The Balaban J connectivity index is 2.06. The van der Waals surface area contributed by atoms with Gasteiger partial charge in [0, 0.05) is 24.3 Å². The van der Waals surface area contributed by atoms with E-state index in [-0.39, 0.29) is 18.4 Å². The first kappa shape index (κ1) is 15.0. The number of hydrogen-bond acceptors (Lipinski definition) is 1. The van der Waals surface area contributed by atoms with Crippen LogP contribution >= 0.6 is 0 Å². The summed E-state index contributed by atoms with van der Waals surface area (Å²) in [5.41, 5.74) is 2.41. The number of carbonyl (C=O) groups is 1. The van der Waals surface area contributed by atoms with Crippen LogP contribution < -0.4 is 10.2 Å². The molecule has 0 radical (unpaired) electrons. The summed E-state index contributed by atoms with van der Waals surface area (Å²) in [5.74, 6) is -0.309. The number of urea groups is 1. The van der Waals surface area contributed by atoms with Crippen LogP contribution in [0.2, 0.25) is 0 Å². The lowest BCUT2D eigenvalue weighted by molar-refractivity contribution is 0.246. The van der Waals surface area contributed by atoms with Crippen LogP contribution in [0, 0.1) is 12.7 Å². The minimum absolute atomic E-state index is 0.174. The van der Waals surface area contributed by atoms with Crippen molar-refractivity contribution in [1.82, 2.24) is 5.32 Å². The van der Waals surface area contributed by atoms with Gasteiger partial charge in [-0.25, -0.2) is 9.18 Å². The molecule has 0 bridgehead atoms. The fraction of sp³-hybridized carbons (Fsp3) is 0.235. The molecule has 0 saturated carbocycles. The topological polar surface area (TPSA) is 32.3 Å². The second kappa shape index (κ2) is 6.88. The molecular formula is C17H19FN2O. The molecule has 110 valence electrons. The summed E-state index contributed by atoms with van der Waals surface area (Å²) in [7, 11) is 0. The van der Waals surface area contributed by atoms with Gasteiger partial charge >= 0.3 is 6.03 Å². The molecule has 1 N–H and O–H groups in total. The van der Waals surface area contributed by atoms with E-state index in [9.17, 15) is 9.18 Å². The standard InChI is InChI=1S/C17H19FN2O/c1-3-20(15-9-6-7-13(2)11-15)17(21)19-12-14-8-4-5-10-16(14)18/h4-11H,3,12H2,1-2H3,(H,19,21). The van der Waals surface area contributed by atoms with Gasteiger partial charge in [-0.05, 0) is 37.6 Å². The first-order valence-corrected chi connectivity index (χ1v) is 6.97. The number of rotatable bonds is 4. The van der Waals surface area contributed by atoms with Gasteiger partial charge in [-0.2, -0.15) is 0 Å². The maximum atomic E-state index is 13.5. The largest absolute Gasteiger partial charge is 0.334 e. The van der Waals surface area contributed by atoms with Gasteiger partial charge in [-0.15, -0.1) is 0 Å². The fourth-order valence-electron chi connectivity index (χ4n) is 2.15. The monoisotopic (exact) mass is 286 g/mol. The van der Waals surface area contributed by atoms with Crippen LogP contribution in [0.15, 0.2) is 48.5 Å². The van der Waals surface area contributed by atoms with E-state index in [4.69, 9.17) is 0 Å². The van der Waals surface area contributed by atoms with Gasteiger partial charge in [0.15, 0.2) is 0 Å². The summed E-state index contributed by atoms with van der Waals surface area (Å²) in [6, 6.07) is 13.9. The van der Waals surface area contributed by atoms with Crippen LogP contribution in [0.5, 0.6) is 0 Å². The van der Waals surface area contributed by atoms with Gasteiger partial charge < -0.3 is 5.32 Å². The van der Waals surface area contributed by atoms with E-state index in [2.05, 4.69) is 5.32 Å². The van der Waals surface area contributed by atoms with Gasteiger partial charge in [0.1, 0.15) is 5.82 Å². The number of aryl methyl sites for hydroxylation is 1. The third kappa shape index (κ3) is 3.81. The van der Waals surface area contributed by atoms with Crippen molar-refractivity contribution in [3.8, 4) is 0 Å². The molecule has 0 aromatic heterocycles. The predicted molar refractivity (Wildman–Crippen MR) is 82.8 cm³/mol. The van der Waals surface area contributed by atoms with E-state index in [1.54, 1.807) is 23.1 Å². The lowest BCUT2D eigenvalue weighted by atomic mass is 10.2. The molecule has 0 saturated heterocycles. The Labute approximate surface area is 124 Å². The van der Waals surface area contributed by atoms with E-state index in [1.165, 1.54) is 6.07 Å². The van der Waals surface area contributed by atoms with Crippen LogP contribution in [-0.2, 0) is 6.54 Å². The molecule has 0 unspecified atom stereocenters. The molecule has 0 heterocycles. The second-order valence-corrected chi connectivity index (χ2v) is 4.83. The molecule has 4 heteroatoms. The molecule has 0 atom stereocenters. The van der Waals surface area contributed by atoms with E-state index in [1.807, 2.05) is 38.1 Å². The SMILES string of the molecule is CCN(C(=O)NCc1ccccc1F)c1cccc(C)c1. The van der Waals surface area contributed by atoms with E-state index in [0.717, 1.165) is 11.3 Å². The summed E-state index contributed by atoms with van der Waals surface area (Å²) in [5, 5.41) is 2.76. The van der Waals surface area contributed by atoms with E-state index >= 15 is 0 Å². The van der Waals surface area contributed by atoms with Gasteiger partial charge in [0.25, 0.3) is 0 Å². The Morgan fingerprint density at radius 3 is 2.62 bits per heavy atom. The highest BCUT2D eigenvalue weighted by Gasteiger charge is 2.14. The number of benzene rings is 2. The van der Waals surface area contributed by atoms with Gasteiger partial charge in [-0.3, -0.25) is 4.90 Å². The molecule has 21 heavy (non-hydrogen) atoms. The number of nitrogens with one attached hydrogen (secondary N) is 1. The number of amides is 2. The molecule has 0 aliphatic rings. The van der Waals surface area contributed by atoms with Crippen LogP contribution in [0.25, 0.3) is 0 Å². The highest BCUT2D eigenvalue weighted by atomic mass is 19.1. The molecule has 3 nitrogen and oxygen atoms in total. The maximum Gasteiger partial charge on any atom is 0.322 e. The molecule has 2 amide bonds. The van der Waals surface area contributed by atoms with Crippen LogP contribution in [0.4, 0.5) is 14.9 Å². The zero-order valence-electron chi connectivity index (χ0n) is 12.3. The summed E-state index contributed by atoms with van der Waals surface area (Å²) >= 11 is 0. The lowest BCUT2D eigenvalue weighted by Crippen LogP contribution is -2.39. The summed E-state index contributed by atoms with van der Waals surface area (Å²) in [6.07, 6.45) is 0. The highest BCUT2D eigenvalue weighted by Crippen LogP contribution is 2.16. The third-order valence-electron chi connectivity index (χ3n) is 3.26. The second-order valence-electron chi connectivity index (χ2n) is 4.83. The summed E-state index contributed by atoms with van der Waals surface area (Å²) in [4.78, 5) is 13.9. The van der Waals surface area contributed by atoms with Crippen molar-refractivity contribution in [2.45, 2.75) is 20.4 Å². The van der Waals surface area contributed by atoms with Crippen LogP contribution in [-0.4, -0.2) is 12.6 Å². The van der Waals surface area contributed by atoms with E-state index < -0.39 is 0 Å². The van der Waals surface area contributed by atoms with Crippen molar-refractivity contribution in [3.05, 3.63) is 65.5 Å². The van der Waals surface area contributed by atoms with Gasteiger partial charge in [0.05, 0.1) is 0 Å². The van der Waals surface area contributed by atoms with Crippen molar-refractivity contribution in [2.24, 2.45) is 0 Å². The smallest absolute Gasteiger partial charge is 0.322 e. The van der Waals surface area contributed by atoms with Crippen molar-refractivity contribution in [1.29, 1.82) is 0 Å². The minimum Gasteiger partial charge on any atom is -0.334 e. The Hall–Kier alpha value is -2.36. The Morgan fingerprint density at radius 1 is 1.19 bits per heavy atom. The van der Waals surface area contributed by atoms with Crippen LogP contribution in [0.1, 0.15) is 18.1 Å². The molecule has 0 aliphatic carbocycles. The number of anilines is 1. The average molecular weight is 286 g/mol. The Morgan fingerprint density at radius 2 is 1.95 bits per heavy atom. The first-order chi connectivity index (χ1) is 10.1. The third-order valence-corrected chi connectivity index (χ3v) is 3.26. The zero-order valence-corrected chi connectivity index (χ0v) is 12.3. The van der Waals surface area contributed by atoms with Gasteiger partial charge in [0.2, 0.25) is 0 Å². The van der Waals surface area contributed by atoms with Gasteiger partial charge in [-0.1, -0.05) is 30.3 Å². The summed E-state index contributed by atoms with van der Waals surface area (Å²) < 4.78 is 13.5. The molecule has 2 aromatic carbocycles. The number of hydrogen-bond donors (Lipinski definition) is 1. The van der Waals surface area contributed by atoms with Crippen molar-refractivity contribution >= 4 is 11.7 Å². The number of nitrogens with zero attached hydrogens (tertiary/aromatic N) is 1. The first-order valence-electron chi connectivity index (χ1n) is 6.97. The minimum atomic E-state index is -0.309. The summed E-state index contributed by atoms with van der Waals surface area (Å²) in [6.45, 7) is 4.61. The Kier molecular flexibility index (Phi) is 4.93. The predicted octanol–water partition coefficient (Wildman–Crippen LogP) is 3.87. The number of halogens is 1. The Bertz CT molecular complexity index is 628. The number of carbonyl (C=O) groups excluding carboxylic acids is 1. The maximum absolute atomic E-state index is 13.5. The lowest BCUT2D eigenvalue weighted by Gasteiger charge is -2.22. The fourth-order valence-corrected chi connectivity index (χ4v) is 2.15. The molecule has 0 fully saturated rings. The van der Waals surface area contributed by atoms with Crippen molar-refractivity contribution in [3.63, 3.8) is 0 Å². The molecular weight excluding hydrogens is 267 g/mol. The quantitative estimate of drug-likeness (QED) is 0.909. The zero-order chi connectivity index (χ0) is 15.2.